The molecular weight excluding hydrogens is 195 g/mol. The summed E-state index contributed by atoms with van der Waals surface area (Å²) in [5, 5.41) is 8.49. The summed E-state index contributed by atoms with van der Waals surface area (Å²) in [6.07, 6.45) is -2.87. The lowest BCUT2D eigenvalue weighted by molar-refractivity contribution is 0.145. The maximum Gasteiger partial charge on any atom is 0.280 e. The molecule has 0 aliphatic heterocycles. The predicted octanol–water partition coefficient (Wildman–Crippen LogP) is 1.49. The van der Waals surface area contributed by atoms with Gasteiger partial charge in [-0.3, -0.25) is 0 Å². The SMILES string of the molecule is N#Cc1c(F)cc(C(F)F)nc1CN. The summed E-state index contributed by atoms with van der Waals surface area (Å²) >= 11 is 0. The molecule has 0 fully saturated rings. The van der Waals surface area contributed by atoms with Crippen LogP contribution >= 0.6 is 0 Å². The van der Waals surface area contributed by atoms with Crippen LogP contribution in [0.2, 0.25) is 0 Å². The lowest BCUT2D eigenvalue weighted by Crippen LogP contribution is -2.07. The summed E-state index contributed by atoms with van der Waals surface area (Å²) < 4.78 is 37.3. The van der Waals surface area contributed by atoms with Crippen LogP contribution in [0.4, 0.5) is 13.2 Å². The molecule has 1 rings (SSSR count). The third kappa shape index (κ3) is 1.83. The van der Waals surface area contributed by atoms with Crippen LogP contribution in [0.5, 0.6) is 0 Å². The van der Waals surface area contributed by atoms with E-state index in [-0.39, 0.29) is 17.8 Å². The zero-order valence-electron chi connectivity index (χ0n) is 6.97. The molecule has 3 nitrogen and oxygen atoms in total. The highest BCUT2D eigenvalue weighted by Crippen LogP contribution is 2.20. The molecule has 2 N–H and O–H groups in total. The first kappa shape index (κ1) is 10.5. The van der Waals surface area contributed by atoms with Gasteiger partial charge in [-0.1, -0.05) is 0 Å². The third-order valence-corrected chi connectivity index (χ3v) is 1.59. The van der Waals surface area contributed by atoms with Crippen LogP contribution in [-0.2, 0) is 6.54 Å². The van der Waals surface area contributed by atoms with Crippen molar-refractivity contribution in [2.75, 3.05) is 0 Å². The van der Waals surface area contributed by atoms with Crippen molar-refractivity contribution in [1.82, 2.24) is 4.98 Å². The molecule has 0 atom stereocenters. The van der Waals surface area contributed by atoms with Crippen molar-refractivity contribution in [3.8, 4) is 6.07 Å². The van der Waals surface area contributed by atoms with E-state index in [9.17, 15) is 13.2 Å². The normalized spacial score (nSPS) is 10.3. The Morgan fingerprint density at radius 2 is 2.21 bits per heavy atom. The highest BCUT2D eigenvalue weighted by molar-refractivity contribution is 5.36. The van der Waals surface area contributed by atoms with Gasteiger partial charge in [-0.2, -0.15) is 5.26 Å². The average molecular weight is 201 g/mol. The predicted molar refractivity (Wildman–Crippen MR) is 41.8 cm³/mol. The van der Waals surface area contributed by atoms with Gasteiger partial charge in [0, 0.05) is 12.6 Å². The van der Waals surface area contributed by atoms with E-state index in [1.807, 2.05) is 0 Å². The van der Waals surface area contributed by atoms with Gasteiger partial charge in [0.1, 0.15) is 23.1 Å². The number of nitrogens with zero attached hydrogens (tertiary/aromatic N) is 2. The van der Waals surface area contributed by atoms with E-state index >= 15 is 0 Å². The Labute approximate surface area is 78.0 Å². The van der Waals surface area contributed by atoms with Crippen LogP contribution in [0.3, 0.4) is 0 Å². The zero-order valence-corrected chi connectivity index (χ0v) is 6.97. The number of nitrogens with two attached hydrogens (primary N) is 1. The maximum atomic E-state index is 13.0. The molecule has 0 unspecified atom stereocenters. The van der Waals surface area contributed by atoms with Crippen LogP contribution in [0, 0.1) is 17.1 Å². The van der Waals surface area contributed by atoms with Gasteiger partial charge in [0.05, 0.1) is 5.69 Å². The molecule has 0 radical (unpaired) electrons. The van der Waals surface area contributed by atoms with Gasteiger partial charge in [0.15, 0.2) is 0 Å². The number of halogens is 3. The fourth-order valence-corrected chi connectivity index (χ4v) is 0.961. The summed E-state index contributed by atoms with van der Waals surface area (Å²) in [6.45, 7) is -0.250. The van der Waals surface area contributed by atoms with E-state index in [0.29, 0.717) is 6.07 Å². The Morgan fingerprint density at radius 1 is 1.57 bits per heavy atom. The van der Waals surface area contributed by atoms with Crippen molar-refractivity contribution < 1.29 is 13.2 Å². The molecule has 1 heterocycles. The van der Waals surface area contributed by atoms with Crippen LogP contribution in [0.15, 0.2) is 6.07 Å². The number of hydrogen-bond donors (Lipinski definition) is 1. The molecule has 6 heteroatoms. The third-order valence-electron chi connectivity index (χ3n) is 1.59. The number of aromatic nitrogens is 1. The van der Waals surface area contributed by atoms with Crippen molar-refractivity contribution in [3.05, 3.63) is 28.8 Å². The first-order chi connectivity index (χ1) is 6.60. The molecule has 0 saturated carbocycles. The van der Waals surface area contributed by atoms with E-state index < -0.39 is 17.9 Å². The van der Waals surface area contributed by atoms with Gasteiger partial charge in [-0.25, -0.2) is 18.2 Å². The Bertz CT molecular complexity index is 384. The number of hydrogen-bond acceptors (Lipinski definition) is 3. The number of pyridine rings is 1. The highest BCUT2D eigenvalue weighted by Gasteiger charge is 2.16. The summed E-state index contributed by atoms with van der Waals surface area (Å²) in [7, 11) is 0. The minimum absolute atomic E-state index is 0.150. The van der Waals surface area contributed by atoms with Gasteiger partial charge in [0.2, 0.25) is 0 Å². The standard InChI is InChI=1S/C8H6F3N3/c9-5-1-6(8(10)11)14-7(3-13)4(5)2-12/h1,8H,3,13H2. The lowest BCUT2D eigenvalue weighted by Gasteiger charge is -2.04. The lowest BCUT2D eigenvalue weighted by atomic mass is 10.1. The van der Waals surface area contributed by atoms with Crippen LogP contribution in [0.1, 0.15) is 23.4 Å². The second-order valence-corrected chi connectivity index (χ2v) is 2.47. The zero-order chi connectivity index (χ0) is 10.7. The summed E-state index contributed by atoms with van der Waals surface area (Å²) in [5.74, 6) is -1.02. The largest absolute Gasteiger partial charge is 0.325 e. The van der Waals surface area contributed by atoms with E-state index in [1.165, 1.54) is 6.07 Å². The first-order valence-corrected chi connectivity index (χ1v) is 3.67. The Balaban J connectivity index is 3.33. The van der Waals surface area contributed by atoms with Gasteiger partial charge in [-0.15, -0.1) is 0 Å². The van der Waals surface area contributed by atoms with Crippen LogP contribution in [-0.4, -0.2) is 4.98 Å². The molecular formula is C8H6F3N3. The van der Waals surface area contributed by atoms with Gasteiger partial charge in [0.25, 0.3) is 6.43 Å². The Kier molecular flexibility index (Phi) is 3.04. The van der Waals surface area contributed by atoms with Crippen molar-refractivity contribution in [2.45, 2.75) is 13.0 Å². The smallest absolute Gasteiger partial charge is 0.280 e. The summed E-state index contributed by atoms with van der Waals surface area (Å²) in [4.78, 5) is 3.38. The minimum atomic E-state index is -2.87. The van der Waals surface area contributed by atoms with Crippen LogP contribution in [0.25, 0.3) is 0 Å². The number of nitriles is 1. The Hall–Kier alpha value is -1.61. The van der Waals surface area contributed by atoms with Gasteiger partial charge < -0.3 is 5.73 Å². The molecule has 1 aromatic rings. The van der Waals surface area contributed by atoms with Gasteiger partial charge >= 0.3 is 0 Å². The topological polar surface area (TPSA) is 62.7 Å². The molecule has 0 spiro atoms. The van der Waals surface area contributed by atoms with E-state index in [2.05, 4.69) is 4.98 Å². The van der Waals surface area contributed by atoms with E-state index in [0.717, 1.165) is 0 Å². The van der Waals surface area contributed by atoms with Crippen molar-refractivity contribution >= 4 is 0 Å². The minimum Gasteiger partial charge on any atom is -0.325 e. The highest BCUT2D eigenvalue weighted by atomic mass is 19.3. The maximum absolute atomic E-state index is 13.0. The Morgan fingerprint density at radius 3 is 2.64 bits per heavy atom. The van der Waals surface area contributed by atoms with Crippen molar-refractivity contribution in [1.29, 1.82) is 5.26 Å². The summed E-state index contributed by atoms with van der Waals surface area (Å²) in [5.41, 5.74) is 3.90. The second-order valence-electron chi connectivity index (χ2n) is 2.47. The van der Waals surface area contributed by atoms with E-state index in [1.54, 1.807) is 0 Å². The first-order valence-electron chi connectivity index (χ1n) is 3.67. The number of rotatable bonds is 2. The summed E-state index contributed by atoms with van der Waals surface area (Å²) in [6, 6.07) is 2.06. The molecule has 14 heavy (non-hydrogen) atoms. The molecule has 0 aliphatic rings. The molecule has 74 valence electrons. The monoisotopic (exact) mass is 201 g/mol. The van der Waals surface area contributed by atoms with Crippen molar-refractivity contribution in [2.24, 2.45) is 5.73 Å². The molecule has 1 aromatic heterocycles. The molecule has 0 saturated heterocycles. The van der Waals surface area contributed by atoms with E-state index in [4.69, 9.17) is 11.0 Å². The quantitative estimate of drug-likeness (QED) is 0.788. The van der Waals surface area contributed by atoms with Crippen LogP contribution < -0.4 is 5.73 Å². The molecule has 0 amide bonds. The average Bonchev–Trinajstić information content (AvgIpc) is 2.16. The molecule has 0 bridgehead atoms. The van der Waals surface area contributed by atoms with Crippen molar-refractivity contribution in [3.63, 3.8) is 0 Å². The second kappa shape index (κ2) is 4.07. The fraction of sp³-hybridized carbons (Fsp3) is 0.250. The number of alkyl halides is 2. The molecule has 0 aliphatic carbocycles. The van der Waals surface area contributed by atoms with Gasteiger partial charge in [-0.05, 0) is 0 Å². The molecule has 0 aromatic carbocycles. The fourth-order valence-electron chi connectivity index (χ4n) is 0.961.